The predicted octanol–water partition coefficient (Wildman–Crippen LogP) is 1.14. The second-order valence-electron chi connectivity index (χ2n) is 7.54. The first-order chi connectivity index (χ1) is 14.5. The van der Waals surface area contributed by atoms with Crippen LogP contribution in [0, 0.1) is 0 Å². The molecule has 0 aliphatic heterocycles. The fraction of sp³-hybridized carbons (Fsp3) is 0.526. The maximum Gasteiger partial charge on any atom is 0.187 e. The van der Waals surface area contributed by atoms with Gasteiger partial charge in [0.05, 0.1) is 0 Å². The Bertz CT molecular complexity index is 749. The van der Waals surface area contributed by atoms with Crippen molar-refractivity contribution in [2.75, 3.05) is 0 Å². The van der Waals surface area contributed by atoms with Crippen LogP contribution in [0.3, 0.4) is 0 Å². The van der Waals surface area contributed by atoms with Crippen LogP contribution in [0.5, 0.6) is 0 Å². The van der Waals surface area contributed by atoms with Crippen molar-refractivity contribution in [3.8, 4) is 0 Å². The molecule has 0 amide bonds. The minimum absolute atomic E-state index is 0.201. The summed E-state index contributed by atoms with van der Waals surface area (Å²) >= 11 is 10.5. The highest BCUT2D eigenvalue weighted by molar-refractivity contribution is 7.80. The number of amidine groups is 2. The van der Waals surface area contributed by atoms with Gasteiger partial charge in [0, 0.05) is 12.1 Å². The first kappa shape index (κ1) is 22.2. The number of rotatable bonds is 6. The molecule has 11 heteroatoms. The summed E-state index contributed by atoms with van der Waals surface area (Å²) in [5.74, 6) is 0.401. The SMILES string of the molecule is N/C(=N\NC(=S)NC1CCCC1)c1cccc(/C(N)=N/NC(=S)NC2CCCC2)n1. The molecule has 0 aromatic carbocycles. The zero-order valence-corrected chi connectivity index (χ0v) is 18.5. The molecule has 0 saturated heterocycles. The molecule has 1 heterocycles. The van der Waals surface area contributed by atoms with Crippen molar-refractivity contribution < 1.29 is 0 Å². The minimum Gasteiger partial charge on any atom is -0.380 e. The molecule has 30 heavy (non-hydrogen) atoms. The van der Waals surface area contributed by atoms with Gasteiger partial charge >= 0.3 is 0 Å². The Morgan fingerprint density at radius 3 is 1.60 bits per heavy atom. The molecule has 8 N–H and O–H groups in total. The van der Waals surface area contributed by atoms with Gasteiger partial charge < -0.3 is 22.1 Å². The summed E-state index contributed by atoms with van der Waals surface area (Å²) in [6.45, 7) is 0. The lowest BCUT2D eigenvalue weighted by Crippen LogP contribution is -2.39. The Kier molecular flexibility index (Phi) is 8.14. The van der Waals surface area contributed by atoms with E-state index in [-0.39, 0.29) is 11.7 Å². The van der Waals surface area contributed by atoms with E-state index in [1.54, 1.807) is 18.2 Å². The van der Waals surface area contributed by atoms with Crippen LogP contribution >= 0.6 is 24.4 Å². The van der Waals surface area contributed by atoms with Gasteiger partial charge in [-0.15, -0.1) is 0 Å². The zero-order valence-electron chi connectivity index (χ0n) is 16.9. The summed E-state index contributed by atoms with van der Waals surface area (Å²) < 4.78 is 0. The summed E-state index contributed by atoms with van der Waals surface area (Å²) in [7, 11) is 0. The monoisotopic (exact) mass is 447 g/mol. The van der Waals surface area contributed by atoms with Gasteiger partial charge in [-0.2, -0.15) is 10.2 Å². The average Bonchev–Trinajstić information content (AvgIpc) is 3.44. The molecule has 2 aliphatic carbocycles. The van der Waals surface area contributed by atoms with E-state index in [1.807, 2.05) is 0 Å². The van der Waals surface area contributed by atoms with E-state index in [1.165, 1.54) is 25.7 Å². The molecule has 0 atom stereocenters. The van der Waals surface area contributed by atoms with Crippen LogP contribution in [0.1, 0.15) is 62.8 Å². The molecule has 2 fully saturated rings. The molecule has 0 spiro atoms. The topological polar surface area (TPSA) is 138 Å². The van der Waals surface area contributed by atoms with Gasteiger partial charge in [-0.25, -0.2) is 4.98 Å². The van der Waals surface area contributed by atoms with Crippen LogP contribution in [0.15, 0.2) is 28.4 Å². The number of pyridine rings is 1. The molecule has 1 aromatic heterocycles. The average molecular weight is 448 g/mol. The maximum absolute atomic E-state index is 6.04. The molecule has 2 saturated carbocycles. The van der Waals surface area contributed by atoms with E-state index in [2.05, 4.69) is 36.7 Å². The van der Waals surface area contributed by atoms with E-state index in [4.69, 9.17) is 35.9 Å². The fourth-order valence-corrected chi connectivity index (χ4v) is 4.06. The van der Waals surface area contributed by atoms with Gasteiger partial charge in [0.25, 0.3) is 0 Å². The predicted molar refractivity (Wildman–Crippen MR) is 128 cm³/mol. The van der Waals surface area contributed by atoms with Crippen LogP contribution in [-0.4, -0.2) is 39.0 Å². The summed E-state index contributed by atoms with van der Waals surface area (Å²) in [5, 5.41) is 15.6. The van der Waals surface area contributed by atoms with Crippen molar-refractivity contribution in [2.24, 2.45) is 21.7 Å². The van der Waals surface area contributed by atoms with Crippen molar-refractivity contribution in [3.05, 3.63) is 29.6 Å². The number of thiocarbonyl (C=S) groups is 2. The summed E-state index contributed by atoms with van der Waals surface area (Å²) in [4.78, 5) is 4.42. The fourth-order valence-electron chi connectivity index (χ4n) is 3.63. The molecule has 1 aromatic rings. The molecule has 0 radical (unpaired) electrons. The Morgan fingerprint density at radius 2 is 1.20 bits per heavy atom. The number of nitrogens with two attached hydrogens (primary N) is 2. The summed E-state index contributed by atoms with van der Waals surface area (Å²) in [6, 6.07) is 6.07. The lowest BCUT2D eigenvalue weighted by molar-refractivity contribution is 0.623. The van der Waals surface area contributed by atoms with Gasteiger partial charge in [0.1, 0.15) is 11.4 Å². The van der Waals surface area contributed by atoms with Gasteiger partial charge in [0.15, 0.2) is 21.9 Å². The highest BCUT2D eigenvalue weighted by atomic mass is 32.1. The lowest BCUT2D eigenvalue weighted by atomic mass is 10.2. The first-order valence-corrected chi connectivity index (χ1v) is 11.1. The molecule has 9 nitrogen and oxygen atoms in total. The number of aromatic nitrogens is 1. The van der Waals surface area contributed by atoms with Gasteiger partial charge in [-0.05, 0) is 62.3 Å². The quantitative estimate of drug-likeness (QED) is 0.164. The largest absolute Gasteiger partial charge is 0.380 e. The number of hydrogen-bond acceptors (Lipinski definition) is 5. The third-order valence-electron chi connectivity index (χ3n) is 5.21. The van der Waals surface area contributed by atoms with Crippen LogP contribution in [0.2, 0.25) is 0 Å². The standard InChI is InChI=1S/C19H29N9S2/c20-16(25-27-18(29)22-12-6-1-2-7-12)14-10-5-11-15(24-14)17(21)26-28-19(30)23-13-8-3-4-9-13/h5,10-13H,1-4,6-9H2,(H2,20,25)(H2,21,26)(H2,22,27,29)(H2,23,28,30). The Balaban J connectivity index is 1.54. The van der Waals surface area contributed by atoms with Crippen LogP contribution in [-0.2, 0) is 0 Å². The molecule has 3 rings (SSSR count). The number of nitrogens with one attached hydrogen (secondary N) is 4. The lowest BCUT2D eigenvalue weighted by Gasteiger charge is -2.14. The molecular weight excluding hydrogens is 418 g/mol. The molecule has 2 aliphatic rings. The summed E-state index contributed by atoms with van der Waals surface area (Å²) in [6.07, 6.45) is 9.38. The van der Waals surface area contributed by atoms with E-state index in [9.17, 15) is 0 Å². The van der Waals surface area contributed by atoms with E-state index < -0.39 is 0 Å². The maximum atomic E-state index is 6.04. The molecule has 0 bridgehead atoms. The normalized spacial score (nSPS) is 18.3. The Hall–Kier alpha value is -2.53. The van der Waals surface area contributed by atoms with Crippen LogP contribution in [0.4, 0.5) is 0 Å². The first-order valence-electron chi connectivity index (χ1n) is 10.3. The van der Waals surface area contributed by atoms with E-state index >= 15 is 0 Å². The molecular formula is C19H29N9S2. The van der Waals surface area contributed by atoms with Gasteiger partial charge in [-0.3, -0.25) is 10.9 Å². The highest BCUT2D eigenvalue weighted by Crippen LogP contribution is 2.18. The van der Waals surface area contributed by atoms with Crippen molar-refractivity contribution in [1.82, 2.24) is 26.5 Å². The second-order valence-corrected chi connectivity index (χ2v) is 8.35. The smallest absolute Gasteiger partial charge is 0.187 e. The van der Waals surface area contributed by atoms with Gasteiger partial charge in [0.2, 0.25) is 0 Å². The number of hydrogen-bond donors (Lipinski definition) is 6. The van der Waals surface area contributed by atoms with Gasteiger partial charge in [-0.1, -0.05) is 31.7 Å². The number of hydrazone groups is 2. The van der Waals surface area contributed by atoms with Crippen LogP contribution in [0.25, 0.3) is 0 Å². The van der Waals surface area contributed by atoms with Crippen molar-refractivity contribution in [1.29, 1.82) is 0 Å². The van der Waals surface area contributed by atoms with Crippen LogP contribution < -0.4 is 33.0 Å². The molecule has 162 valence electrons. The van der Waals surface area contributed by atoms with E-state index in [0.29, 0.717) is 33.7 Å². The third kappa shape index (κ3) is 6.77. The Labute approximate surface area is 187 Å². The number of nitrogens with zero attached hydrogens (tertiary/aromatic N) is 3. The van der Waals surface area contributed by atoms with Crippen molar-refractivity contribution in [3.63, 3.8) is 0 Å². The molecule has 0 unspecified atom stereocenters. The third-order valence-corrected chi connectivity index (χ3v) is 5.63. The highest BCUT2D eigenvalue weighted by Gasteiger charge is 2.16. The van der Waals surface area contributed by atoms with Crippen molar-refractivity contribution in [2.45, 2.75) is 63.5 Å². The van der Waals surface area contributed by atoms with Crippen molar-refractivity contribution >= 4 is 46.3 Å². The van der Waals surface area contributed by atoms with E-state index in [0.717, 1.165) is 25.7 Å². The second kappa shape index (κ2) is 11.0. The Morgan fingerprint density at radius 1 is 0.800 bits per heavy atom. The minimum atomic E-state index is 0.201. The zero-order chi connectivity index (χ0) is 21.3. The summed E-state index contributed by atoms with van der Waals surface area (Å²) in [5.41, 5.74) is 18.6.